The number of nitrogens with zero attached hydrogens (tertiary/aromatic N) is 1. The van der Waals surface area contributed by atoms with Crippen LogP contribution in [0, 0.1) is 11.8 Å². The molecule has 3 aliphatic carbocycles. The van der Waals surface area contributed by atoms with Gasteiger partial charge in [0.2, 0.25) is 21.8 Å². The first-order chi connectivity index (χ1) is 22.2. The van der Waals surface area contributed by atoms with Crippen LogP contribution in [-0.2, 0) is 43.4 Å². The van der Waals surface area contributed by atoms with Crippen LogP contribution in [0.2, 0.25) is 0 Å². The van der Waals surface area contributed by atoms with Crippen LogP contribution in [0.5, 0.6) is 0 Å². The molecule has 0 unspecified atom stereocenters. The van der Waals surface area contributed by atoms with Gasteiger partial charge in [-0.15, -0.1) is 0 Å². The third kappa shape index (κ3) is 8.84. The molecule has 47 heavy (non-hydrogen) atoms. The van der Waals surface area contributed by atoms with E-state index in [0.29, 0.717) is 19.3 Å². The zero-order chi connectivity index (χ0) is 34.0. The first-order valence-electron chi connectivity index (χ1n) is 16.8. The van der Waals surface area contributed by atoms with Gasteiger partial charge in [0.1, 0.15) is 29.3 Å². The summed E-state index contributed by atoms with van der Waals surface area (Å²) in [7, 11) is -3.90. The summed E-state index contributed by atoms with van der Waals surface area (Å²) >= 11 is 0. The van der Waals surface area contributed by atoms with Gasteiger partial charge in [-0.1, -0.05) is 31.4 Å². The molecule has 4 fully saturated rings. The molecule has 0 aromatic heterocycles. The van der Waals surface area contributed by atoms with Crippen molar-refractivity contribution in [2.24, 2.45) is 11.8 Å². The lowest BCUT2D eigenvalue weighted by atomic mass is 9.89. The Labute approximate surface area is 276 Å². The van der Waals surface area contributed by atoms with Gasteiger partial charge < -0.3 is 29.7 Å². The number of carbonyl (C=O) groups excluding carboxylic acids is 5. The molecule has 0 bridgehead atoms. The maximum absolute atomic E-state index is 14.1. The van der Waals surface area contributed by atoms with Crippen molar-refractivity contribution in [3.05, 3.63) is 12.2 Å². The van der Waals surface area contributed by atoms with Gasteiger partial charge in [0, 0.05) is 18.9 Å². The number of ether oxygens (including phenoxy) is 3. The second-order valence-corrected chi connectivity index (χ2v) is 16.4. The van der Waals surface area contributed by atoms with Crippen molar-refractivity contribution < 1.29 is 46.6 Å². The molecule has 0 radical (unpaired) electrons. The molecule has 0 aromatic rings. The number of esters is 1. The maximum atomic E-state index is 14.1. The van der Waals surface area contributed by atoms with Crippen LogP contribution in [-0.4, -0.2) is 97.4 Å². The number of fused-ring (bicyclic) bond motifs is 2. The predicted octanol–water partition coefficient (Wildman–Crippen LogP) is 1.82. The quantitative estimate of drug-likeness (QED) is 0.276. The number of hydrogen-bond donors (Lipinski definition) is 3. The lowest BCUT2D eigenvalue weighted by Gasteiger charge is -2.30. The van der Waals surface area contributed by atoms with Crippen molar-refractivity contribution in [1.82, 2.24) is 20.3 Å². The maximum Gasteiger partial charge on any atom is 0.408 e. The lowest BCUT2D eigenvalue weighted by Crippen LogP contribution is -2.58. The lowest BCUT2D eigenvalue weighted by molar-refractivity contribution is -0.155. The van der Waals surface area contributed by atoms with Crippen molar-refractivity contribution in [1.29, 1.82) is 0 Å². The third-order valence-electron chi connectivity index (χ3n) is 9.39. The van der Waals surface area contributed by atoms with Crippen LogP contribution < -0.4 is 15.4 Å². The van der Waals surface area contributed by atoms with Gasteiger partial charge in [-0.2, -0.15) is 0 Å². The Balaban J connectivity index is 1.40. The van der Waals surface area contributed by atoms with Crippen molar-refractivity contribution in [2.45, 2.75) is 126 Å². The van der Waals surface area contributed by atoms with Gasteiger partial charge in [-0.25, -0.2) is 13.2 Å². The minimum absolute atomic E-state index is 0.0170. The monoisotopic (exact) mass is 680 g/mol. The van der Waals surface area contributed by atoms with Crippen LogP contribution in [0.15, 0.2) is 12.2 Å². The molecular formula is C32H48N4O10S. The summed E-state index contributed by atoms with van der Waals surface area (Å²) in [6, 6.07) is -2.22. The van der Waals surface area contributed by atoms with Gasteiger partial charge in [0.25, 0.3) is 5.91 Å². The molecule has 0 aromatic carbocycles. The van der Waals surface area contributed by atoms with E-state index >= 15 is 0 Å². The standard InChI is InChI=1S/C32H48N4O10S/c1-31(2,3)46-30(41)33-24-12-8-16-44-15-7-11-21-18-32(21,29(40)35-47(42,43)23-13-14-23)34-26(37)25-17-22(19-36(25)27(24)38)45-28(39)20-9-5-4-6-10-20/h7,11,20-25H,4-6,8-10,12-19H2,1-3H3,(H,33,41)(H,34,37)(H,35,40)/b11-7-/t21-,22+,24-,25-,32+/m0/s1. The summed E-state index contributed by atoms with van der Waals surface area (Å²) in [6.45, 7) is 5.48. The van der Waals surface area contributed by atoms with E-state index in [1.54, 1.807) is 32.9 Å². The number of amides is 4. The minimum Gasteiger partial charge on any atom is -0.460 e. The van der Waals surface area contributed by atoms with Crippen molar-refractivity contribution in [3.63, 3.8) is 0 Å². The molecule has 3 saturated carbocycles. The largest absolute Gasteiger partial charge is 0.460 e. The number of rotatable bonds is 6. The number of hydrogen-bond acceptors (Lipinski definition) is 10. The first-order valence-corrected chi connectivity index (χ1v) is 18.4. The van der Waals surface area contributed by atoms with Crippen LogP contribution >= 0.6 is 0 Å². The molecule has 5 rings (SSSR count). The van der Waals surface area contributed by atoms with Crippen LogP contribution in [0.25, 0.3) is 0 Å². The van der Waals surface area contributed by atoms with E-state index in [1.165, 1.54) is 4.90 Å². The third-order valence-corrected chi connectivity index (χ3v) is 11.2. The van der Waals surface area contributed by atoms with Crippen LogP contribution in [0.4, 0.5) is 4.79 Å². The van der Waals surface area contributed by atoms with E-state index in [2.05, 4.69) is 15.4 Å². The number of alkyl carbamates (subject to hydrolysis) is 1. The fourth-order valence-corrected chi connectivity index (χ4v) is 7.97. The fourth-order valence-electron chi connectivity index (χ4n) is 6.61. The second kappa shape index (κ2) is 14.1. The normalized spacial score (nSPS) is 31.6. The Kier molecular flexibility index (Phi) is 10.5. The Morgan fingerprint density at radius 1 is 1.04 bits per heavy atom. The molecule has 4 amide bonds. The Morgan fingerprint density at radius 2 is 1.77 bits per heavy atom. The molecule has 2 aliphatic heterocycles. The molecule has 5 aliphatic rings. The van der Waals surface area contributed by atoms with Crippen molar-refractivity contribution in [2.75, 3.05) is 19.8 Å². The SMILES string of the molecule is CC(C)(C)OC(=O)N[C@H]1CCCOC/C=C\[C@H]2C[C@@]2(C(=O)NS(=O)(=O)C2CC2)NC(=O)[C@@H]2C[C@@H](OC(=O)C3CCCCC3)CN2C1=O. The van der Waals surface area contributed by atoms with E-state index < -0.39 is 74.3 Å². The van der Waals surface area contributed by atoms with E-state index in [4.69, 9.17) is 14.2 Å². The summed E-state index contributed by atoms with van der Waals surface area (Å²) < 4.78 is 44.5. The zero-order valence-electron chi connectivity index (χ0n) is 27.5. The second-order valence-electron chi connectivity index (χ2n) is 14.4. The Hall–Kier alpha value is -3.20. The number of sulfonamides is 1. The zero-order valence-corrected chi connectivity index (χ0v) is 28.3. The minimum atomic E-state index is -3.90. The first kappa shape index (κ1) is 35.1. The van der Waals surface area contributed by atoms with Crippen LogP contribution in [0.3, 0.4) is 0 Å². The number of carbonyl (C=O) groups is 5. The van der Waals surface area contributed by atoms with E-state index in [1.807, 2.05) is 0 Å². The average Bonchev–Trinajstić information content (AvgIpc) is 3.92. The topological polar surface area (TPSA) is 187 Å². The summed E-state index contributed by atoms with van der Waals surface area (Å²) in [6.07, 6.45) is 7.86. The highest BCUT2D eigenvalue weighted by molar-refractivity contribution is 7.91. The summed E-state index contributed by atoms with van der Waals surface area (Å²) in [4.78, 5) is 68.8. The highest BCUT2D eigenvalue weighted by Crippen LogP contribution is 2.46. The number of nitrogens with one attached hydrogen (secondary N) is 3. The molecule has 262 valence electrons. The Bertz CT molecular complexity index is 1370. The van der Waals surface area contributed by atoms with Gasteiger partial charge in [-0.3, -0.25) is 23.9 Å². The van der Waals surface area contributed by atoms with Crippen molar-refractivity contribution >= 4 is 39.8 Å². The summed E-state index contributed by atoms with van der Waals surface area (Å²) in [5.41, 5.74) is -2.37. The highest BCUT2D eigenvalue weighted by Gasteiger charge is 2.62. The molecule has 2 heterocycles. The fraction of sp³-hybridized carbons (Fsp3) is 0.781. The van der Waals surface area contributed by atoms with Crippen LogP contribution in [0.1, 0.15) is 91.4 Å². The van der Waals surface area contributed by atoms with E-state index in [-0.39, 0.29) is 50.9 Å². The van der Waals surface area contributed by atoms with Crippen molar-refractivity contribution in [3.8, 4) is 0 Å². The Morgan fingerprint density at radius 3 is 2.45 bits per heavy atom. The van der Waals surface area contributed by atoms with Gasteiger partial charge in [-0.05, 0) is 65.7 Å². The molecule has 5 atom stereocenters. The predicted molar refractivity (Wildman–Crippen MR) is 168 cm³/mol. The van der Waals surface area contributed by atoms with E-state index in [0.717, 1.165) is 32.1 Å². The van der Waals surface area contributed by atoms with E-state index in [9.17, 15) is 32.4 Å². The summed E-state index contributed by atoms with van der Waals surface area (Å²) in [5, 5.41) is 4.79. The average molecular weight is 681 g/mol. The molecule has 15 heteroatoms. The molecular weight excluding hydrogens is 632 g/mol. The molecule has 14 nitrogen and oxygen atoms in total. The molecule has 3 N–H and O–H groups in total. The van der Waals surface area contributed by atoms with Gasteiger partial charge in [0.15, 0.2) is 0 Å². The molecule has 0 spiro atoms. The van der Waals surface area contributed by atoms with Gasteiger partial charge in [0.05, 0.1) is 24.3 Å². The highest BCUT2D eigenvalue weighted by atomic mass is 32.2. The smallest absolute Gasteiger partial charge is 0.408 e. The summed E-state index contributed by atoms with van der Waals surface area (Å²) in [5.74, 6) is -3.18. The molecule has 1 saturated heterocycles. The van der Waals surface area contributed by atoms with Gasteiger partial charge >= 0.3 is 12.1 Å².